The maximum absolute atomic E-state index is 11.1. The van der Waals surface area contributed by atoms with Crippen molar-refractivity contribution in [3.8, 4) is 0 Å². The molecule has 0 spiro atoms. The van der Waals surface area contributed by atoms with Gasteiger partial charge in [0.2, 0.25) is 0 Å². The zero-order valence-corrected chi connectivity index (χ0v) is 11.5. The number of carboxylic acids is 1. The standard InChI is InChI=1S/C13H10O3.Na/c14-12(13(15)16)8-10-6-3-5-9-4-1-2-7-11(9)10;/h1-7H,8H2,(H,15,16);/q;+1/p-1. The molecule has 3 nitrogen and oxygen atoms in total. The van der Waals surface area contributed by atoms with Crippen LogP contribution in [0, 0.1) is 0 Å². The topological polar surface area (TPSA) is 57.2 Å². The average Bonchev–Trinajstić information content (AvgIpc) is 2.29. The van der Waals surface area contributed by atoms with Crippen LogP contribution >= 0.6 is 0 Å². The molecule has 2 aromatic rings. The maximum atomic E-state index is 11.1. The van der Waals surface area contributed by atoms with Gasteiger partial charge in [0.1, 0.15) is 5.97 Å². The molecule has 0 saturated heterocycles. The van der Waals surface area contributed by atoms with Crippen molar-refractivity contribution >= 4 is 22.5 Å². The van der Waals surface area contributed by atoms with Crippen molar-refractivity contribution in [1.82, 2.24) is 0 Å². The Bertz CT molecular complexity index is 558. The van der Waals surface area contributed by atoms with Gasteiger partial charge in [0.05, 0.1) is 0 Å². The van der Waals surface area contributed by atoms with Crippen LogP contribution < -0.4 is 34.7 Å². The van der Waals surface area contributed by atoms with Gasteiger partial charge >= 0.3 is 29.6 Å². The Morgan fingerprint density at radius 1 is 1.00 bits per heavy atom. The summed E-state index contributed by atoms with van der Waals surface area (Å²) in [4.78, 5) is 21.5. The van der Waals surface area contributed by atoms with Crippen LogP contribution in [0.4, 0.5) is 0 Å². The Balaban J connectivity index is 0.00000144. The molecule has 0 N–H and O–H groups in total. The summed E-state index contributed by atoms with van der Waals surface area (Å²) in [6, 6.07) is 13.0. The van der Waals surface area contributed by atoms with Crippen molar-refractivity contribution in [2.24, 2.45) is 0 Å². The van der Waals surface area contributed by atoms with E-state index < -0.39 is 11.8 Å². The van der Waals surface area contributed by atoms with E-state index in [4.69, 9.17) is 0 Å². The molecule has 0 atom stereocenters. The molecule has 2 rings (SSSR count). The summed E-state index contributed by atoms with van der Waals surface area (Å²) in [5, 5.41) is 12.3. The molecular formula is C13H9NaO3. The zero-order valence-electron chi connectivity index (χ0n) is 9.47. The number of carbonyl (C=O) groups is 2. The minimum absolute atomic E-state index is 0. The van der Waals surface area contributed by atoms with Crippen molar-refractivity contribution in [2.45, 2.75) is 6.42 Å². The summed E-state index contributed by atoms with van der Waals surface area (Å²) in [5.74, 6) is -2.52. The molecule has 0 saturated carbocycles. The van der Waals surface area contributed by atoms with Crippen LogP contribution in [0.3, 0.4) is 0 Å². The van der Waals surface area contributed by atoms with Gasteiger partial charge in [0, 0.05) is 6.42 Å². The van der Waals surface area contributed by atoms with Gasteiger partial charge in [0.15, 0.2) is 5.78 Å². The molecule has 0 bridgehead atoms. The number of ketones is 1. The van der Waals surface area contributed by atoms with Crippen molar-refractivity contribution in [1.29, 1.82) is 0 Å². The number of rotatable bonds is 3. The molecule has 17 heavy (non-hydrogen) atoms. The Morgan fingerprint density at radius 3 is 2.35 bits per heavy atom. The van der Waals surface area contributed by atoms with Crippen LogP contribution in [0.5, 0.6) is 0 Å². The summed E-state index contributed by atoms with van der Waals surface area (Å²) >= 11 is 0. The number of carbonyl (C=O) groups excluding carboxylic acids is 2. The largest absolute Gasteiger partial charge is 1.00 e. The third-order valence-corrected chi connectivity index (χ3v) is 2.46. The molecule has 0 aliphatic rings. The molecule has 0 unspecified atom stereocenters. The first-order valence-corrected chi connectivity index (χ1v) is 4.89. The van der Waals surface area contributed by atoms with Gasteiger partial charge in [0.25, 0.3) is 0 Å². The van der Waals surface area contributed by atoms with E-state index in [9.17, 15) is 14.7 Å². The van der Waals surface area contributed by atoms with Gasteiger partial charge in [-0.3, -0.25) is 4.79 Å². The van der Waals surface area contributed by atoms with E-state index in [1.54, 1.807) is 12.1 Å². The normalized spacial score (nSPS) is 9.65. The van der Waals surface area contributed by atoms with Crippen molar-refractivity contribution in [2.75, 3.05) is 0 Å². The number of hydrogen-bond donors (Lipinski definition) is 0. The molecule has 0 aliphatic heterocycles. The van der Waals surface area contributed by atoms with E-state index in [0.717, 1.165) is 10.8 Å². The Hall–Kier alpha value is -1.16. The van der Waals surface area contributed by atoms with Gasteiger partial charge < -0.3 is 9.90 Å². The zero-order chi connectivity index (χ0) is 11.5. The summed E-state index contributed by atoms with van der Waals surface area (Å²) < 4.78 is 0. The average molecular weight is 236 g/mol. The molecule has 0 heterocycles. The first kappa shape index (κ1) is 13.9. The summed E-state index contributed by atoms with van der Waals surface area (Å²) in [5.41, 5.74) is 0.715. The fraction of sp³-hybridized carbons (Fsp3) is 0.0769. The van der Waals surface area contributed by atoms with Crippen molar-refractivity contribution < 1.29 is 44.3 Å². The Morgan fingerprint density at radius 2 is 1.65 bits per heavy atom. The van der Waals surface area contributed by atoms with E-state index >= 15 is 0 Å². The predicted octanol–water partition coefficient (Wildman–Crippen LogP) is -2.29. The molecule has 4 heteroatoms. The van der Waals surface area contributed by atoms with Gasteiger partial charge in [-0.15, -0.1) is 0 Å². The SMILES string of the molecule is O=C([O-])C(=O)Cc1cccc2ccccc12.[Na+]. The molecule has 0 radical (unpaired) electrons. The van der Waals surface area contributed by atoms with Crippen molar-refractivity contribution in [3.05, 3.63) is 48.0 Å². The molecule has 2 aromatic carbocycles. The molecule has 0 fully saturated rings. The fourth-order valence-electron chi connectivity index (χ4n) is 1.69. The van der Waals surface area contributed by atoms with Crippen LogP contribution in [-0.4, -0.2) is 11.8 Å². The van der Waals surface area contributed by atoms with E-state index in [-0.39, 0.29) is 36.0 Å². The quantitative estimate of drug-likeness (QED) is 0.445. The van der Waals surface area contributed by atoms with Gasteiger partial charge in [-0.05, 0) is 16.3 Å². The number of hydrogen-bond acceptors (Lipinski definition) is 3. The molecule has 0 amide bonds. The first-order valence-electron chi connectivity index (χ1n) is 4.89. The molecule has 80 valence electrons. The second-order valence-corrected chi connectivity index (χ2v) is 3.53. The van der Waals surface area contributed by atoms with E-state index in [0.29, 0.717) is 5.56 Å². The minimum atomic E-state index is -1.63. The second-order valence-electron chi connectivity index (χ2n) is 3.53. The number of carboxylic acid groups (broad SMARTS) is 1. The summed E-state index contributed by atoms with van der Waals surface area (Å²) in [6.45, 7) is 0. The van der Waals surface area contributed by atoms with Crippen LogP contribution in [0.25, 0.3) is 10.8 Å². The third kappa shape index (κ3) is 3.16. The third-order valence-electron chi connectivity index (χ3n) is 2.46. The van der Waals surface area contributed by atoms with Crippen LogP contribution in [0.15, 0.2) is 42.5 Å². The molecule has 0 aromatic heterocycles. The Kier molecular flexibility index (Phi) is 4.87. The first-order chi connectivity index (χ1) is 7.68. The van der Waals surface area contributed by atoms with E-state index in [1.165, 1.54) is 0 Å². The van der Waals surface area contributed by atoms with Crippen LogP contribution in [-0.2, 0) is 16.0 Å². The van der Waals surface area contributed by atoms with Crippen LogP contribution in [0.1, 0.15) is 5.56 Å². The Labute approximate surface area is 121 Å². The number of Topliss-reactive ketones (excluding diaryl/α,β-unsaturated/α-hetero) is 1. The van der Waals surface area contributed by atoms with Gasteiger partial charge in [-0.1, -0.05) is 42.5 Å². The smallest absolute Gasteiger partial charge is 0.542 e. The van der Waals surface area contributed by atoms with Gasteiger partial charge in [-0.2, -0.15) is 0 Å². The second kappa shape index (κ2) is 5.96. The molecular weight excluding hydrogens is 227 g/mol. The molecule has 0 aliphatic carbocycles. The van der Waals surface area contributed by atoms with Gasteiger partial charge in [-0.25, -0.2) is 0 Å². The minimum Gasteiger partial charge on any atom is -0.542 e. The monoisotopic (exact) mass is 236 g/mol. The number of fused-ring (bicyclic) bond motifs is 1. The fourth-order valence-corrected chi connectivity index (χ4v) is 1.69. The maximum Gasteiger partial charge on any atom is 1.00 e. The predicted molar refractivity (Wildman–Crippen MR) is 57.7 cm³/mol. The summed E-state index contributed by atoms with van der Waals surface area (Å²) in [7, 11) is 0. The van der Waals surface area contributed by atoms with Crippen LogP contribution in [0.2, 0.25) is 0 Å². The summed E-state index contributed by atoms with van der Waals surface area (Å²) in [6.07, 6.45) is -0.121. The number of benzene rings is 2. The number of aliphatic carboxylic acids is 1. The van der Waals surface area contributed by atoms with Crippen molar-refractivity contribution in [3.63, 3.8) is 0 Å². The van der Waals surface area contributed by atoms with E-state index in [2.05, 4.69) is 0 Å². The van der Waals surface area contributed by atoms with E-state index in [1.807, 2.05) is 30.3 Å².